The number of ether oxygens (including phenoxy) is 1. The first-order valence-corrected chi connectivity index (χ1v) is 10.7. The Labute approximate surface area is 173 Å². The van der Waals surface area contributed by atoms with Crippen molar-refractivity contribution in [2.75, 3.05) is 26.0 Å². The van der Waals surface area contributed by atoms with E-state index in [-0.39, 0.29) is 11.3 Å². The molecule has 2 aliphatic rings. The van der Waals surface area contributed by atoms with Gasteiger partial charge in [0.25, 0.3) is 5.56 Å². The molecule has 1 saturated heterocycles. The lowest BCUT2D eigenvalue weighted by Crippen LogP contribution is -2.48. The predicted molar refractivity (Wildman–Crippen MR) is 116 cm³/mol. The smallest absolute Gasteiger partial charge is 0.250 e. The lowest BCUT2D eigenvalue weighted by molar-refractivity contribution is 0.102. The number of carbonyl (C=O) groups is 1. The first-order valence-electron chi connectivity index (χ1n) is 9.34. The Morgan fingerprint density at radius 1 is 1.18 bits per heavy atom. The van der Waals surface area contributed by atoms with E-state index in [9.17, 15) is 9.59 Å². The molecular weight excluding hydrogens is 392 g/mol. The van der Waals surface area contributed by atoms with E-state index in [1.807, 2.05) is 10.6 Å². The highest BCUT2D eigenvalue weighted by Gasteiger charge is 2.35. The fraction of sp³-hybridized carbons (Fsp3) is 0.381. The summed E-state index contributed by atoms with van der Waals surface area (Å²) in [4.78, 5) is 26.8. The Bertz CT molecular complexity index is 955. The highest BCUT2D eigenvalue weighted by atomic mass is 32.2. The van der Waals surface area contributed by atoms with Gasteiger partial charge in [0, 0.05) is 42.9 Å². The van der Waals surface area contributed by atoms with Crippen LogP contribution in [0.25, 0.3) is 0 Å². The molecule has 3 heterocycles. The summed E-state index contributed by atoms with van der Waals surface area (Å²) >= 11 is 7.06. The van der Waals surface area contributed by atoms with Crippen LogP contribution in [0.2, 0.25) is 0 Å². The van der Waals surface area contributed by atoms with E-state index in [1.165, 1.54) is 11.8 Å². The predicted octanol–water partition coefficient (Wildman–Crippen LogP) is 3.18. The van der Waals surface area contributed by atoms with Gasteiger partial charge >= 0.3 is 0 Å². The number of benzene rings is 1. The number of nitrogens with zero attached hydrogens (tertiary/aromatic N) is 2. The second-order valence-corrected chi connectivity index (χ2v) is 8.92. The molecule has 2 aliphatic heterocycles. The summed E-state index contributed by atoms with van der Waals surface area (Å²) in [6.45, 7) is 2.41. The Balaban J connectivity index is 1.38. The third kappa shape index (κ3) is 3.86. The molecule has 2 atom stereocenters. The number of pyridine rings is 1. The average Bonchev–Trinajstić information content (AvgIpc) is 2.72. The van der Waals surface area contributed by atoms with Crippen molar-refractivity contribution in [3.63, 3.8) is 0 Å². The Morgan fingerprint density at radius 2 is 1.96 bits per heavy atom. The van der Waals surface area contributed by atoms with Gasteiger partial charge in [-0.15, -0.1) is 0 Å². The normalized spacial score (nSPS) is 20.4. The van der Waals surface area contributed by atoms with E-state index >= 15 is 0 Å². The molecule has 0 amide bonds. The third-order valence-corrected chi connectivity index (χ3v) is 7.00. The van der Waals surface area contributed by atoms with Crippen molar-refractivity contribution in [1.29, 1.82) is 0 Å². The summed E-state index contributed by atoms with van der Waals surface area (Å²) in [7, 11) is 1.61. The van der Waals surface area contributed by atoms with Crippen LogP contribution in [0.4, 0.5) is 0 Å². The number of ketones is 1. The zero-order chi connectivity index (χ0) is 19.7. The van der Waals surface area contributed by atoms with E-state index in [2.05, 4.69) is 11.0 Å². The minimum Gasteiger partial charge on any atom is -0.497 e. The number of Topliss-reactive ketones (excluding diaryl/α,β-unsaturated/α-hetero) is 1. The van der Waals surface area contributed by atoms with E-state index in [0.717, 1.165) is 41.8 Å². The van der Waals surface area contributed by atoms with Crippen LogP contribution < -0.4 is 10.3 Å². The molecule has 1 aromatic carbocycles. The van der Waals surface area contributed by atoms with Gasteiger partial charge in [0.15, 0.2) is 5.78 Å². The van der Waals surface area contributed by atoms with Crippen molar-refractivity contribution in [3.8, 4) is 5.75 Å². The SMILES string of the molecule is COc1ccc(C(=O)CSC(=S)N2C[C@H]3C[C@@H](C2)c2cccc(=O)n2C3)cc1. The van der Waals surface area contributed by atoms with Crippen LogP contribution in [0.1, 0.15) is 28.4 Å². The molecule has 4 rings (SSSR count). The Hall–Kier alpha value is -2.12. The number of thioether (sulfide) groups is 1. The van der Waals surface area contributed by atoms with Crippen LogP contribution in [0.15, 0.2) is 47.3 Å². The maximum absolute atomic E-state index is 12.5. The zero-order valence-corrected chi connectivity index (χ0v) is 17.3. The number of fused-ring (bicyclic) bond motifs is 4. The van der Waals surface area contributed by atoms with Gasteiger partial charge < -0.3 is 14.2 Å². The molecule has 1 aromatic heterocycles. The highest BCUT2D eigenvalue weighted by Crippen LogP contribution is 2.36. The zero-order valence-electron chi connectivity index (χ0n) is 15.7. The molecule has 0 aliphatic carbocycles. The first-order chi connectivity index (χ1) is 13.5. The van der Waals surface area contributed by atoms with Crippen LogP contribution >= 0.6 is 24.0 Å². The fourth-order valence-corrected chi connectivity index (χ4v) is 5.20. The minimum atomic E-state index is 0.0594. The summed E-state index contributed by atoms with van der Waals surface area (Å²) < 4.78 is 7.81. The van der Waals surface area contributed by atoms with Crippen molar-refractivity contribution in [1.82, 2.24) is 9.47 Å². The molecule has 0 N–H and O–H groups in total. The van der Waals surface area contributed by atoms with Crippen molar-refractivity contribution in [2.24, 2.45) is 5.92 Å². The van der Waals surface area contributed by atoms with Crippen molar-refractivity contribution >= 4 is 34.1 Å². The van der Waals surface area contributed by atoms with Crippen molar-refractivity contribution in [3.05, 3.63) is 64.1 Å². The Kier molecular flexibility index (Phi) is 5.55. The number of piperidine rings is 1. The topological polar surface area (TPSA) is 51.5 Å². The standard InChI is InChI=1S/C21H22N2O3S2/c1-26-17-7-5-15(6-8-17)19(24)13-28-21(27)22-10-14-9-16(12-22)18-3-2-4-20(25)23(18)11-14/h2-8,14,16H,9-13H2,1H3/t14-,16+/m1/s1. The summed E-state index contributed by atoms with van der Waals surface area (Å²) in [6.07, 6.45) is 1.10. The lowest BCUT2D eigenvalue weighted by atomic mass is 9.83. The molecule has 5 nitrogen and oxygen atoms in total. The second-order valence-electron chi connectivity index (χ2n) is 7.31. The highest BCUT2D eigenvalue weighted by molar-refractivity contribution is 8.23. The number of thiocarbonyl (C=S) groups is 1. The number of hydrogen-bond acceptors (Lipinski definition) is 5. The van der Waals surface area contributed by atoms with E-state index < -0.39 is 0 Å². The average molecular weight is 415 g/mol. The Morgan fingerprint density at radius 3 is 2.71 bits per heavy atom. The number of methoxy groups -OCH3 is 1. The molecule has 7 heteroatoms. The molecule has 28 heavy (non-hydrogen) atoms. The summed E-state index contributed by atoms with van der Waals surface area (Å²) in [5, 5.41) is 0. The maximum Gasteiger partial charge on any atom is 0.250 e. The van der Waals surface area contributed by atoms with Crippen LogP contribution in [0.3, 0.4) is 0 Å². The van der Waals surface area contributed by atoms with Crippen LogP contribution in [-0.2, 0) is 6.54 Å². The second kappa shape index (κ2) is 8.09. The van der Waals surface area contributed by atoms with Gasteiger partial charge in [0.05, 0.1) is 12.9 Å². The van der Waals surface area contributed by atoms with Gasteiger partial charge in [-0.05, 0) is 42.7 Å². The molecule has 2 bridgehead atoms. The third-order valence-electron chi connectivity index (χ3n) is 5.48. The van der Waals surface area contributed by atoms with Crippen molar-refractivity contribution < 1.29 is 9.53 Å². The molecular formula is C21H22N2O3S2. The molecule has 0 saturated carbocycles. The molecule has 0 spiro atoms. The van der Waals surface area contributed by atoms with Crippen molar-refractivity contribution in [2.45, 2.75) is 18.9 Å². The van der Waals surface area contributed by atoms with Crippen LogP contribution in [0.5, 0.6) is 5.75 Å². The van der Waals surface area contributed by atoms with Gasteiger partial charge in [-0.1, -0.05) is 30.0 Å². The van der Waals surface area contributed by atoms with Gasteiger partial charge in [-0.3, -0.25) is 9.59 Å². The van der Waals surface area contributed by atoms with E-state index in [4.69, 9.17) is 17.0 Å². The fourth-order valence-electron chi connectivity index (χ4n) is 4.12. The van der Waals surface area contributed by atoms with E-state index in [0.29, 0.717) is 23.2 Å². The van der Waals surface area contributed by atoms with Crippen LogP contribution in [0, 0.1) is 5.92 Å². The lowest BCUT2D eigenvalue weighted by Gasteiger charge is -2.43. The number of rotatable bonds is 4. The van der Waals surface area contributed by atoms with Gasteiger partial charge in [0.2, 0.25) is 0 Å². The number of aromatic nitrogens is 1. The van der Waals surface area contributed by atoms with Gasteiger partial charge in [-0.2, -0.15) is 0 Å². The molecule has 0 unspecified atom stereocenters. The first kappa shape index (κ1) is 19.2. The van der Waals surface area contributed by atoms with Gasteiger partial charge in [0.1, 0.15) is 10.1 Å². The summed E-state index contributed by atoms with van der Waals surface area (Å²) in [6, 6.07) is 12.7. The monoisotopic (exact) mass is 414 g/mol. The number of likely N-dealkylation sites (tertiary alicyclic amines) is 1. The molecule has 146 valence electrons. The molecule has 0 radical (unpaired) electrons. The number of hydrogen-bond donors (Lipinski definition) is 0. The summed E-state index contributed by atoms with van der Waals surface area (Å²) in [5.41, 5.74) is 1.86. The largest absolute Gasteiger partial charge is 0.497 e. The van der Waals surface area contributed by atoms with Gasteiger partial charge in [-0.25, -0.2) is 0 Å². The molecule has 1 fully saturated rings. The quantitative estimate of drug-likeness (QED) is 0.566. The molecule has 2 aromatic rings. The summed E-state index contributed by atoms with van der Waals surface area (Å²) in [5.74, 6) is 1.86. The van der Waals surface area contributed by atoms with Crippen LogP contribution in [-0.4, -0.2) is 45.5 Å². The number of carbonyl (C=O) groups excluding carboxylic acids is 1. The minimum absolute atomic E-state index is 0.0594. The van der Waals surface area contributed by atoms with E-state index in [1.54, 1.807) is 37.4 Å². The maximum atomic E-state index is 12.5.